The second kappa shape index (κ2) is 4.13. The summed E-state index contributed by atoms with van der Waals surface area (Å²) in [6.07, 6.45) is 0. The van der Waals surface area contributed by atoms with Crippen LogP contribution >= 0.6 is 51.2 Å². The Balaban J connectivity index is 2.35. The Labute approximate surface area is 98.4 Å². The highest BCUT2D eigenvalue weighted by molar-refractivity contribution is 9.10. The van der Waals surface area contributed by atoms with E-state index in [2.05, 4.69) is 50.4 Å². The minimum atomic E-state index is 0.719. The Bertz CT molecular complexity index is 407. The number of hydrogen-bond donors (Lipinski definition) is 1. The Morgan fingerprint density at radius 3 is 2.77 bits per heavy atom. The summed E-state index contributed by atoms with van der Waals surface area (Å²) in [6, 6.07) is 2.09. The van der Waals surface area contributed by atoms with Crippen molar-refractivity contribution >= 4 is 51.2 Å². The molecule has 0 aliphatic carbocycles. The number of thiol groups is 1. The highest BCUT2D eigenvalue weighted by Gasteiger charge is 2.05. The molecule has 0 atom stereocenters. The zero-order chi connectivity index (χ0) is 9.26. The van der Waals surface area contributed by atoms with Gasteiger partial charge in [0.1, 0.15) is 5.01 Å². The lowest BCUT2D eigenvalue weighted by Gasteiger charge is -1.86. The number of nitrogens with zero attached hydrogens (tertiary/aromatic N) is 1. The lowest BCUT2D eigenvalue weighted by molar-refractivity contribution is 1.28. The first-order valence-corrected chi connectivity index (χ1v) is 6.78. The lowest BCUT2D eigenvalue weighted by atomic mass is 10.4. The summed E-state index contributed by atoms with van der Waals surface area (Å²) >= 11 is 11.0. The van der Waals surface area contributed by atoms with Crippen LogP contribution in [0.25, 0.3) is 10.6 Å². The highest BCUT2D eigenvalue weighted by Crippen LogP contribution is 2.30. The van der Waals surface area contributed by atoms with Crippen molar-refractivity contribution in [1.82, 2.24) is 4.98 Å². The van der Waals surface area contributed by atoms with Crippen molar-refractivity contribution < 1.29 is 0 Å². The van der Waals surface area contributed by atoms with Crippen LogP contribution in [0.5, 0.6) is 0 Å². The molecule has 5 heteroatoms. The van der Waals surface area contributed by atoms with Crippen LogP contribution in [0, 0.1) is 0 Å². The van der Waals surface area contributed by atoms with Crippen molar-refractivity contribution in [3.8, 4) is 10.6 Å². The van der Waals surface area contributed by atoms with Gasteiger partial charge in [0.15, 0.2) is 0 Å². The monoisotopic (exact) mass is 291 g/mol. The van der Waals surface area contributed by atoms with Crippen LogP contribution in [0.1, 0.15) is 5.01 Å². The van der Waals surface area contributed by atoms with Crippen LogP contribution in [-0.2, 0) is 5.75 Å². The zero-order valence-electron chi connectivity index (χ0n) is 6.53. The maximum absolute atomic E-state index is 4.44. The Kier molecular flexibility index (Phi) is 3.08. The number of thiazole rings is 1. The molecule has 13 heavy (non-hydrogen) atoms. The number of thiophene rings is 1. The topological polar surface area (TPSA) is 12.9 Å². The first kappa shape index (κ1) is 9.71. The van der Waals surface area contributed by atoms with Gasteiger partial charge in [0, 0.05) is 21.0 Å². The molecule has 68 valence electrons. The predicted octanol–water partition coefficient (Wildman–Crippen LogP) is 4.06. The predicted molar refractivity (Wildman–Crippen MR) is 65.8 cm³/mol. The van der Waals surface area contributed by atoms with Gasteiger partial charge in [0.25, 0.3) is 0 Å². The Hall–Kier alpha value is 0.160. The molecule has 0 spiro atoms. The van der Waals surface area contributed by atoms with Crippen molar-refractivity contribution in [2.24, 2.45) is 0 Å². The first-order valence-electron chi connectivity index (χ1n) is 3.59. The third-order valence-corrected chi connectivity index (χ3v) is 4.58. The molecule has 0 aromatic carbocycles. The average molecular weight is 292 g/mol. The Morgan fingerprint density at radius 1 is 1.38 bits per heavy atom. The van der Waals surface area contributed by atoms with Gasteiger partial charge in [0.2, 0.25) is 0 Å². The largest absolute Gasteiger partial charge is 0.239 e. The molecule has 0 bridgehead atoms. The van der Waals surface area contributed by atoms with E-state index in [9.17, 15) is 0 Å². The van der Waals surface area contributed by atoms with E-state index in [1.54, 1.807) is 22.7 Å². The molecule has 2 aromatic heterocycles. The smallest absolute Gasteiger partial charge is 0.103 e. The molecule has 2 aromatic rings. The van der Waals surface area contributed by atoms with Crippen LogP contribution in [0.3, 0.4) is 0 Å². The van der Waals surface area contributed by atoms with Gasteiger partial charge >= 0.3 is 0 Å². The summed E-state index contributed by atoms with van der Waals surface area (Å²) in [6.45, 7) is 0. The van der Waals surface area contributed by atoms with Gasteiger partial charge in [-0.1, -0.05) is 0 Å². The van der Waals surface area contributed by atoms with Gasteiger partial charge in [-0.25, -0.2) is 4.98 Å². The molecule has 1 nitrogen and oxygen atoms in total. The molecule has 0 unspecified atom stereocenters. The van der Waals surface area contributed by atoms with Gasteiger partial charge in [-0.15, -0.1) is 22.7 Å². The highest BCUT2D eigenvalue weighted by atomic mass is 79.9. The van der Waals surface area contributed by atoms with E-state index in [1.165, 1.54) is 4.88 Å². The third-order valence-electron chi connectivity index (χ3n) is 1.51. The second-order valence-electron chi connectivity index (χ2n) is 2.41. The molecule has 0 N–H and O–H groups in total. The van der Waals surface area contributed by atoms with E-state index >= 15 is 0 Å². The zero-order valence-corrected chi connectivity index (χ0v) is 10.6. The molecule has 0 amide bonds. The summed E-state index contributed by atoms with van der Waals surface area (Å²) in [7, 11) is 0. The van der Waals surface area contributed by atoms with E-state index in [-0.39, 0.29) is 0 Å². The minimum absolute atomic E-state index is 0.719. The fourth-order valence-electron chi connectivity index (χ4n) is 0.944. The van der Waals surface area contributed by atoms with Gasteiger partial charge in [-0.3, -0.25) is 0 Å². The number of halogens is 1. The van der Waals surface area contributed by atoms with Crippen LogP contribution in [0.4, 0.5) is 0 Å². The summed E-state index contributed by atoms with van der Waals surface area (Å²) in [5.41, 5.74) is 1.06. The average Bonchev–Trinajstić information content (AvgIpc) is 2.71. The van der Waals surface area contributed by atoms with E-state index in [0.717, 1.165) is 20.9 Å². The quantitative estimate of drug-likeness (QED) is 0.823. The summed E-state index contributed by atoms with van der Waals surface area (Å²) in [4.78, 5) is 5.65. The van der Waals surface area contributed by atoms with Crippen LogP contribution < -0.4 is 0 Å². The minimum Gasteiger partial charge on any atom is -0.239 e. The van der Waals surface area contributed by atoms with Crippen molar-refractivity contribution in [2.45, 2.75) is 5.75 Å². The number of rotatable bonds is 2. The summed E-state index contributed by atoms with van der Waals surface area (Å²) < 4.78 is 1.12. The standard InChI is InChI=1S/C8H6BrNS3/c9-5-1-7(12-3-5)6-4-13-8(2-11)10-6/h1,3-4,11H,2H2. The summed E-state index contributed by atoms with van der Waals surface area (Å²) in [5, 5.41) is 5.21. The van der Waals surface area contributed by atoms with Gasteiger partial charge < -0.3 is 0 Å². The van der Waals surface area contributed by atoms with E-state index in [0.29, 0.717) is 0 Å². The van der Waals surface area contributed by atoms with E-state index in [4.69, 9.17) is 0 Å². The van der Waals surface area contributed by atoms with Crippen LogP contribution in [0.2, 0.25) is 0 Å². The molecule has 0 saturated heterocycles. The molecule has 0 saturated carbocycles. The molecular weight excluding hydrogens is 286 g/mol. The Morgan fingerprint density at radius 2 is 2.23 bits per heavy atom. The normalized spacial score (nSPS) is 10.6. The third kappa shape index (κ3) is 2.15. The molecule has 2 rings (SSSR count). The number of hydrogen-bond acceptors (Lipinski definition) is 4. The fraction of sp³-hybridized carbons (Fsp3) is 0.125. The first-order chi connectivity index (χ1) is 6.29. The second-order valence-corrected chi connectivity index (χ2v) is 5.50. The van der Waals surface area contributed by atoms with Crippen molar-refractivity contribution in [3.63, 3.8) is 0 Å². The molecule has 0 radical (unpaired) electrons. The number of aromatic nitrogens is 1. The van der Waals surface area contributed by atoms with Gasteiger partial charge in [0.05, 0.1) is 10.6 Å². The van der Waals surface area contributed by atoms with Crippen molar-refractivity contribution in [1.29, 1.82) is 0 Å². The maximum Gasteiger partial charge on any atom is 0.103 e. The maximum atomic E-state index is 4.44. The molecule has 0 aliphatic rings. The van der Waals surface area contributed by atoms with E-state index < -0.39 is 0 Å². The van der Waals surface area contributed by atoms with Gasteiger partial charge in [-0.2, -0.15) is 12.6 Å². The van der Waals surface area contributed by atoms with Crippen LogP contribution in [0.15, 0.2) is 21.3 Å². The summed E-state index contributed by atoms with van der Waals surface area (Å²) in [5.74, 6) is 0.719. The van der Waals surface area contributed by atoms with Crippen molar-refractivity contribution in [3.05, 3.63) is 26.3 Å². The SMILES string of the molecule is SCc1nc(-c2cc(Br)cs2)cs1. The van der Waals surface area contributed by atoms with E-state index in [1.807, 2.05) is 0 Å². The molecule has 0 aliphatic heterocycles. The van der Waals surface area contributed by atoms with Crippen LogP contribution in [-0.4, -0.2) is 4.98 Å². The lowest BCUT2D eigenvalue weighted by Crippen LogP contribution is -1.74. The van der Waals surface area contributed by atoms with Gasteiger partial charge in [-0.05, 0) is 22.0 Å². The fourth-order valence-corrected chi connectivity index (χ4v) is 3.35. The molecule has 0 fully saturated rings. The molecule has 2 heterocycles. The molecular formula is C8H6BrNS3. The van der Waals surface area contributed by atoms with Crippen molar-refractivity contribution in [2.75, 3.05) is 0 Å².